The van der Waals surface area contributed by atoms with E-state index >= 15 is 0 Å². The summed E-state index contributed by atoms with van der Waals surface area (Å²) in [4.78, 5) is 23.1. The maximum atomic E-state index is 13.0. The predicted octanol–water partition coefficient (Wildman–Crippen LogP) is 1.78. The zero-order chi connectivity index (χ0) is 19.9. The van der Waals surface area contributed by atoms with Crippen molar-refractivity contribution >= 4 is 11.9 Å². The molecular weight excluding hydrogens is 357 g/mol. The molecule has 1 aromatic rings. The highest BCUT2D eigenvalue weighted by molar-refractivity contribution is 5.80. The topological polar surface area (TPSA) is 51.2 Å². The standard InChI is InChI=1S/C21H32FN5O/c1-23-21(25(2)16-17-6-8-19(22)9-7-17)24-10-11-26-12-14-27(15-13-26)20(28)18-4-3-5-18/h6-9,18H,3-5,10-16H2,1-2H3,(H,23,24). The second kappa shape index (κ2) is 9.87. The van der Waals surface area contributed by atoms with Crippen LogP contribution in [0.2, 0.25) is 0 Å². The molecule has 1 aliphatic carbocycles. The van der Waals surface area contributed by atoms with E-state index in [4.69, 9.17) is 0 Å². The van der Waals surface area contributed by atoms with Gasteiger partial charge in [-0.25, -0.2) is 4.39 Å². The van der Waals surface area contributed by atoms with E-state index in [9.17, 15) is 9.18 Å². The van der Waals surface area contributed by atoms with E-state index in [2.05, 4.69) is 15.2 Å². The van der Waals surface area contributed by atoms with Gasteiger partial charge in [-0.15, -0.1) is 0 Å². The Morgan fingerprint density at radius 2 is 1.89 bits per heavy atom. The first-order valence-corrected chi connectivity index (χ1v) is 10.2. The minimum Gasteiger partial charge on any atom is -0.355 e. The van der Waals surface area contributed by atoms with Gasteiger partial charge in [0.05, 0.1) is 0 Å². The minimum absolute atomic E-state index is 0.219. The second-order valence-electron chi connectivity index (χ2n) is 7.75. The number of nitrogens with zero attached hydrogens (tertiary/aromatic N) is 4. The summed E-state index contributed by atoms with van der Waals surface area (Å²) < 4.78 is 13.0. The quantitative estimate of drug-likeness (QED) is 0.595. The third-order valence-electron chi connectivity index (χ3n) is 5.76. The summed E-state index contributed by atoms with van der Waals surface area (Å²) in [5, 5.41) is 3.40. The lowest BCUT2D eigenvalue weighted by molar-refractivity contribution is -0.139. The molecule has 0 aromatic heterocycles. The molecule has 1 aromatic carbocycles. The van der Waals surface area contributed by atoms with Gasteiger partial charge in [0.25, 0.3) is 0 Å². The van der Waals surface area contributed by atoms with E-state index in [0.717, 1.165) is 63.6 Å². The number of rotatable bonds is 6. The highest BCUT2D eigenvalue weighted by Crippen LogP contribution is 2.28. The maximum Gasteiger partial charge on any atom is 0.225 e. The monoisotopic (exact) mass is 389 g/mol. The Balaban J connectivity index is 1.36. The second-order valence-corrected chi connectivity index (χ2v) is 7.75. The maximum absolute atomic E-state index is 13.0. The molecule has 0 unspecified atom stereocenters. The third kappa shape index (κ3) is 5.44. The number of carbonyl (C=O) groups is 1. The molecule has 0 radical (unpaired) electrons. The first-order valence-electron chi connectivity index (χ1n) is 10.2. The van der Waals surface area contributed by atoms with Gasteiger partial charge in [-0.3, -0.25) is 14.7 Å². The molecular formula is C21H32FN5O. The van der Waals surface area contributed by atoms with E-state index in [0.29, 0.717) is 18.4 Å². The smallest absolute Gasteiger partial charge is 0.225 e. The number of halogens is 1. The summed E-state index contributed by atoms with van der Waals surface area (Å²) in [6, 6.07) is 6.55. The number of aliphatic imine (C=N–C) groups is 1. The first kappa shape index (κ1) is 20.6. The Morgan fingerprint density at radius 3 is 2.46 bits per heavy atom. The number of guanidine groups is 1. The molecule has 3 rings (SSSR count). The van der Waals surface area contributed by atoms with Crippen molar-refractivity contribution in [3.8, 4) is 0 Å². The van der Waals surface area contributed by atoms with Crippen LogP contribution in [0.15, 0.2) is 29.3 Å². The van der Waals surface area contributed by atoms with Crippen molar-refractivity contribution in [2.24, 2.45) is 10.9 Å². The summed E-state index contributed by atoms with van der Waals surface area (Å²) in [6.07, 6.45) is 3.36. The molecule has 1 heterocycles. The van der Waals surface area contributed by atoms with Crippen molar-refractivity contribution in [2.75, 3.05) is 53.4 Å². The van der Waals surface area contributed by atoms with Crippen molar-refractivity contribution in [3.63, 3.8) is 0 Å². The largest absolute Gasteiger partial charge is 0.355 e. The van der Waals surface area contributed by atoms with Crippen LogP contribution in [0.5, 0.6) is 0 Å². The Kier molecular flexibility index (Phi) is 7.25. The van der Waals surface area contributed by atoms with Gasteiger partial charge in [0.1, 0.15) is 5.82 Å². The van der Waals surface area contributed by atoms with Crippen molar-refractivity contribution in [1.29, 1.82) is 0 Å². The van der Waals surface area contributed by atoms with Gasteiger partial charge in [-0.2, -0.15) is 0 Å². The first-order chi connectivity index (χ1) is 13.6. The highest BCUT2D eigenvalue weighted by Gasteiger charge is 2.31. The van der Waals surface area contributed by atoms with Crippen LogP contribution in [0.25, 0.3) is 0 Å². The molecule has 1 saturated heterocycles. The van der Waals surface area contributed by atoms with Gasteiger partial charge >= 0.3 is 0 Å². The summed E-state index contributed by atoms with van der Waals surface area (Å²) in [7, 11) is 3.75. The molecule has 0 bridgehead atoms. The van der Waals surface area contributed by atoms with Crippen molar-refractivity contribution < 1.29 is 9.18 Å². The molecule has 28 heavy (non-hydrogen) atoms. The molecule has 1 aliphatic heterocycles. The molecule has 0 spiro atoms. The van der Waals surface area contributed by atoms with Crippen LogP contribution in [-0.2, 0) is 11.3 Å². The number of amides is 1. The predicted molar refractivity (Wildman–Crippen MR) is 110 cm³/mol. The zero-order valence-electron chi connectivity index (χ0n) is 17.0. The number of benzene rings is 1. The molecule has 7 heteroatoms. The molecule has 6 nitrogen and oxygen atoms in total. The molecule has 1 saturated carbocycles. The minimum atomic E-state index is -0.219. The fourth-order valence-electron chi connectivity index (χ4n) is 3.75. The summed E-state index contributed by atoms with van der Waals surface area (Å²) in [5.41, 5.74) is 1.04. The fourth-order valence-corrected chi connectivity index (χ4v) is 3.75. The molecule has 2 aliphatic rings. The van der Waals surface area contributed by atoms with Gasteiger partial charge < -0.3 is 15.1 Å². The average molecular weight is 390 g/mol. The number of carbonyl (C=O) groups excluding carboxylic acids is 1. The number of piperazine rings is 1. The third-order valence-corrected chi connectivity index (χ3v) is 5.76. The Hall–Kier alpha value is -2.15. The van der Waals surface area contributed by atoms with Gasteiger partial charge in [0, 0.05) is 65.8 Å². The van der Waals surface area contributed by atoms with E-state index < -0.39 is 0 Å². The van der Waals surface area contributed by atoms with Gasteiger partial charge in [0.2, 0.25) is 5.91 Å². The van der Waals surface area contributed by atoms with Crippen LogP contribution >= 0.6 is 0 Å². The van der Waals surface area contributed by atoms with E-state index in [1.165, 1.54) is 18.6 Å². The summed E-state index contributed by atoms with van der Waals surface area (Å²) in [5.74, 6) is 1.27. The van der Waals surface area contributed by atoms with Crippen LogP contribution in [0.4, 0.5) is 4.39 Å². The SMILES string of the molecule is CN=C(NCCN1CCN(C(=O)C2CCC2)CC1)N(C)Cc1ccc(F)cc1. The number of hydrogen-bond donors (Lipinski definition) is 1. The van der Waals surface area contributed by atoms with Gasteiger partial charge in [-0.05, 0) is 30.5 Å². The van der Waals surface area contributed by atoms with Crippen molar-refractivity contribution in [2.45, 2.75) is 25.8 Å². The van der Waals surface area contributed by atoms with Crippen molar-refractivity contribution in [1.82, 2.24) is 20.0 Å². The Bertz CT molecular complexity index is 666. The lowest BCUT2D eigenvalue weighted by Crippen LogP contribution is -2.52. The van der Waals surface area contributed by atoms with E-state index in [-0.39, 0.29) is 5.82 Å². The van der Waals surface area contributed by atoms with Crippen LogP contribution in [0.1, 0.15) is 24.8 Å². The molecule has 0 atom stereocenters. The lowest BCUT2D eigenvalue weighted by Gasteiger charge is -2.38. The number of nitrogens with one attached hydrogen (secondary N) is 1. The fraction of sp³-hybridized carbons (Fsp3) is 0.619. The summed E-state index contributed by atoms with van der Waals surface area (Å²) in [6.45, 7) is 5.95. The zero-order valence-corrected chi connectivity index (χ0v) is 17.0. The van der Waals surface area contributed by atoms with Crippen LogP contribution in [0, 0.1) is 11.7 Å². The Morgan fingerprint density at radius 1 is 1.21 bits per heavy atom. The van der Waals surface area contributed by atoms with Crippen LogP contribution in [0.3, 0.4) is 0 Å². The van der Waals surface area contributed by atoms with Crippen LogP contribution < -0.4 is 5.32 Å². The number of hydrogen-bond acceptors (Lipinski definition) is 3. The van der Waals surface area contributed by atoms with E-state index in [1.807, 2.05) is 16.8 Å². The van der Waals surface area contributed by atoms with Crippen molar-refractivity contribution in [3.05, 3.63) is 35.6 Å². The molecule has 2 fully saturated rings. The Labute approximate surface area is 167 Å². The molecule has 1 N–H and O–H groups in total. The van der Waals surface area contributed by atoms with Gasteiger partial charge in [-0.1, -0.05) is 18.6 Å². The normalized spacial score (nSPS) is 18.7. The summed E-state index contributed by atoms with van der Waals surface area (Å²) >= 11 is 0. The molecule has 154 valence electrons. The van der Waals surface area contributed by atoms with Gasteiger partial charge in [0.15, 0.2) is 5.96 Å². The van der Waals surface area contributed by atoms with E-state index in [1.54, 1.807) is 19.2 Å². The lowest BCUT2D eigenvalue weighted by atomic mass is 9.84. The highest BCUT2D eigenvalue weighted by atomic mass is 19.1. The van der Waals surface area contributed by atoms with Crippen LogP contribution in [-0.4, -0.2) is 79.9 Å². The average Bonchev–Trinajstić information content (AvgIpc) is 2.66. The molecule has 1 amide bonds.